The summed E-state index contributed by atoms with van der Waals surface area (Å²) >= 11 is 5.87. The van der Waals surface area contributed by atoms with Gasteiger partial charge in [-0.2, -0.15) is 0 Å². The minimum Gasteiger partial charge on any atom is -0.457 e. The first-order chi connectivity index (χ1) is 13.9. The number of ether oxygens (including phenoxy) is 1. The van der Waals surface area contributed by atoms with Crippen LogP contribution < -0.4 is 15.8 Å². The molecule has 0 saturated heterocycles. The van der Waals surface area contributed by atoms with Crippen molar-refractivity contribution in [2.24, 2.45) is 5.73 Å². The number of carbonyl (C=O) groups is 3. The van der Waals surface area contributed by atoms with E-state index in [-0.39, 0.29) is 5.91 Å². The van der Waals surface area contributed by atoms with Crippen molar-refractivity contribution in [1.29, 1.82) is 0 Å². The van der Waals surface area contributed by atoms with Crippen LogP contribution in [0.25, 0.3) is 0 Å². The molecule has 0 heterocycles. The van der Waals surface area contributed by atoms with E-state index in [1.54, 1.807) is 48.5 Å². The Labute approximate surface area is 175 Å². The molecule has 0 bridgehead atoms. The van der Waals surface area contributed by atoms with Gasteiger partial charge < -0.3 is 15.8 Å². The number of unbranched alkanes of at least 4 members (excludes halogenated alkanes) is 2. The second-order valence-electron chi connectivity index (χ2n) is 6.69. The van der Waals surface area contributed by atoms with E-state index >= 15 is 0 Å². The Hall–Kier alpha value is -2.86. The van der Waals surface area contributed by atoms with Crippen LogP contribution in [0.1, 0.15) is 43.6 Å². The number of halogens is 1. The van der Waals surface area contributed by atoms with Gasteiger partial charge in [-0.1, -0.05) is 36.6 Å². The Bertz CT molecular complexity index is 835. The van der Waals surface area contributed by atoms with E-state index in [0.717, 1.165) is 12.0 Å². The summed E-state index contributed by atoms with van der Waals surface area (Å²) < 4.78 is 5.77. The molecule has 3 N–H and O–H groups in total. The molecule has 0 saturated carbocycles. The summed E-state index contributed by atoms with van der Waals surface area (Å²) in [5.74, 6) is -0.715. The number of nitrogens with two attached hydrogens (primary N) is 1. The zero-order valence-electron chi connectivity index (χ0n) is 16.3. The summed E-state index contributed by atoms with van der Waals surface area (Å²) in [4.78, 5) is 35.2. The number of benzene rings is 2. The molecule has 1 atom stereocenters. The standard InChI is InChI=1S/C22H25ClN2O4/c1-25-22(28)21(27)19(5-3-2-4-6-20(24)26)15-7-11-17(12-8-15)29-18-13-9-16(23)10-14-18/h7-14,19H,2-6H2,1H3,(H2,24,26)(H,25,28). The fourth-order valence-electron chi connectivity index (χ4n) is 2.96. The zero-order valence-corrected chi connectivity index (χ0v) is 17.1. The quantitative estimate of drug-likeness (QED) is 0.427. The van der Waals surface area contributed by atoms with Gasteiger partial charge in [-0.05, 0) is 54.8 Å². The highest BCUT2D eigenvalue weighted by atomic mass is 35.5. The van der Waals surface area contributed by atoms with Crippen LogP contribution in [0.4, 0.5) is 0 Å². The lowest BCUT2D eigenvalue weighted by Gasteiger charge is -2.16. The highest BCUT2D eigenvalue weighted by Gasteiger charge is 2.25. The van der Waals surface area contributed by atoms with Crippen molar-refractivity contribution in [2.45, 2.75) is 38.0 Å². The lowest BCUT2D eigenvalue weighted by molar-refractivity contribution is -0.138. The summed E-state index contributed by atoms with van der Waals surface area (Å²) in [6, 6.07) is 14.1. The minimum absolute atomic E-state index is 0.324. The fourth-order valence-corrected chi connectivity index (χ4v) is 3.09. The summed E-state index contributed by atoms with van der Waals surface area (Å²) in [5.41, 5.74) is 5.89. The van der Waals surface area contributed by atoms with E-state index < -0.39 is 17.6 Å². The van der Waals surface area contributed by atoms with Gasteiger partial charge in [0.2, 0.25) is 11.7 Å². The molecule has 0 fully saturated rings. The van der Waals surface area contributed by atoms with Crippen LogP contribution in [0.5, 0.6) is 11.5 Å². The molecule has 0 aromatic heterocycles. The number of amides is 2. The molecule has 154 valence electrons. The Morgan fingerprint density at radius 2 is 1.55 bits per heavy atom. The smallest absolute Gasteiger partial charge is 0.287 e. The first-order valence-electron chi connectivity index (χ1n) is 9.48. The Morgan fingerprint density at radius 3 is 2.10 bits per heavy atom. The maximum absolute atomic E-state index is 12.5. The van der Waals surface area contributed by atoms with Gasteiger partial charge in [0.1, 0.15) is 11.5 Å². The molecule has 2 aromatic rings. The Balaban J connectivity index is 2.06. The zero-order chi connectivity index (χ0) is 21.2. The lowest BCUT2D eigenvalue weighted by atomic mass is 9.89. The summed E-state index contributed by atoms with van der Waals surface area (Å²) in [7, 11) is 1.44. The molecule has 0 aliphatic heterocycles. The van der Waals surface area contributed by atoms with Crippen LogP contribution in [0, 0.1) is 0 Å². The van der Waals surface area contributed by atoms with Gasteiger partial charge in [0.25, 0.3) is 5.91 Å². The van der Waals surface area contributed by atoms with E-state index in [4.69, 9.17) is 22.1 Å². The number of Topliss-reactive ketones (excluding diaryl/α,β-unsaturated/α-hetero) is 1. The van der Waals surface area contributed by atoms with Crippen LogP contribution in [0.15, 0.2) is 48.5 Å². The fraction of sp³-hybridized carbons (Fsp3) is 0.318. The first-order valence-corrected chi connectivity index (χ1v) is 9.86. The third-order valence-electron chi connectivity index (χ3n) is 4.52. The topological polar surface area (TPSA) is 98.5 Å². The molecule has 0 aliphatic carbocycles. The molecule has 2 aromatic carbocycles. The van der Waals surface area contributed by atoms with Crippen LogP contribution in [-0.4, -0.2) is 24.6 Å². The average molecular weight is 417 g/mol. The van der Waals surface area contributed by atoms with Gasteiger partial charge in [-0.25, -0.2) is 0 Å². The number of hydrogen-bond donors (Lipinski definition) is 2. The van der Waals surface area contributed by atoms with Crippen molar-refractivity contribution in [3.05, 3.63) is 59.1 Å². The molecule has 0 aliphatic rings. The van der Waals surface area contributed by atoms with Gasteiger partial charge in [-0.15, -0.1) is 0 Å². The van der Waals surface area contributed by atoms with Crippen molar-refractivity contribution < 1.29 is 19.1 Å². The molecule has 0 radical (unpaired) electrons. The van der Waals surface area contributed by atoms with Crippen molar-refractivity contribution in [3.63, 3.8) is 0 Å². The third-order valence-corrected chi connectivity index (χ3v) is 4.77. The first kappa shape index (κ1) is 22.4. The number of ketones is 1. The Kier molecular flexibility index (Phi) is 8.68. The molecule has 2 rings (SSSR count). The number of nitrogens with one attached hydrogen (secondary N) is 1. The number of likely N-dealkylation sites (N-methyl/N-ethyl adjacent to an activating group) is 1. The van der Waals surface area contributed by atoms with Crippen LogP contribution in [-0.2, 0) is 14.4 Å². The summed E-state index contributed by atoms with van der Waals surface area (Å²) in [6.07, 6.45) is 2.99. The van der Waals surface area contributed by atoms with Crippen LogP contribution >= 0.6 is 11.6 Å². The highest BCUT2D eigenvalue weighted by molar-refractivity contribution is 6.38. The van der Waals surface area contributed by atoms with Crippen molar-refractivity contribution in [3.8, 4) is 11.5 Å². The van der Waals surface area contributed by atoms with Gasteiger partial charge >= 0.3 is 0 Å². The molecule has 6 nitrogen and oxygen atoms in total. The maximum atomic E-state index is 12.5. The van der Waals surface area contributed by atoms with Gasteiger partial charge in [-0.3, -0.25) is 14.4 Å². The average Bonchev–Trinajstić information content (AvgIpc) is 2.72. The second-order valence-corrected chi connectivity index (χ2v) is 7.12. The summed E-state index contributed by atoms with van der Waals surface area (Å²) in [5, 5.41) is 3.02. The Morgan fingerprint density at radius 1 is 0.966 bits per heavy atom. The SMILES string of the molecule is CNC(=O)C(=O)C(CCCCCC(N)=O)c1ccc(Oc2ccc(Cl)cc2)cc1. The van der Waals surface area contributed by atoms with Gasteiger partial charge in [0.05, 0.1) is 5.92 Å². The largest absolute Gasteiger partial charge is 0.457 e. The van der Waals surface area contributed by atoms with Crippen molar-refractivity contribution >= 4 is 29.2 Å². The second kappa shape index (κ2) is 11.2. The molecule has 2 amide bonds. The molecule has 29 heavy (non-hydrogen) atoms. The predicted molar refractivity (Wildman–Crippen MR) is 112 cm³/mol. The van der Waals surface area contributed by atoms with Gasteiger partial charge in [0, 0.05) is 18.5 Å². The summed E-state index contributed by atoms with van der Waals surface area (Å²) in [6.45, 7) is 0. The third kappa shape index (κ3) is 7.23. The van der Waals surface area contributed by atoms with E-state index in [1.807, 2.05) is 0 Å². The van der Waals surface area contributed by atoms with E-state index in [2.05, 4.69) is 5.32 Å². The van der Waals surface area contributed by atoms with Gasteiger partial charge in [0.15, 0.2) is 0 Å². The van der Waals surface area contributed by atoms with Crippen LogP contribution in [0.3, 0.4) is 0 Å². The maximum Gasteiger partial charge on any atom is 0.287 e. The number of carbonyl (C=O) groups excluding carboxylic acids is 3. The monoisotopic (exact) mass is 416 g/mol. The molecule has 1 unspecified atom stereocenters. The molecular formula is C22H25ClN2O4. The van der Waals surface area contributed by atoms with E-state index in [0.29, 0.717) is 42.2 Å². The molecular weight excluding hydrogens is 392 g/mol. The highest BCUT2D eigenvalue weighted by Crippen LogP contribution is 2.28. The normalized spacial score (nSPS) is 11.5. The lowest BCUT2D eigenvalue weighted by Crippen LogP contribution is -2.32. The van der Waals surface area contributed by atoms with Crippen LogP contribution in [0.2, 0.25) is 5.02 Å². The minimum atomic E-state index is -0.617. The van der Waals surface area contributed by atoms with E-state index in [9.17, 15) is 14.4 Å². The number of rotatable bonds is 11. The number of primary amides is 1. The van der Waals surface area contributed by atoms with E-state index in [1.165, 1.54) is 7.05 Å². The molecule has 7 heteroatoms. The number of hydrogen-bond acceptors (Lipinski definition) is 4. The molecule has 0 spiro atoms. The van der Waals surface area contributed by atoms with Crippen molar-refractivity contribution in [1.82, 2.24) is 5.32 Å². The van der Waals surface area contributed by atoms with Crippen molar-refractivity contribution in [2.75, 3.05) is 7.05 Å². The predicted octanol–water partition coefficient (Wildman–Crippen LogP) is 3.97.